The summed E-state index contributed by atoms with van der Waals surface area (Å²) in [6.45, 7) is 14.8. The van der Waals surface area contributed by atoms with E-state index in [2.05, 4.69) is 37.1 Å². The van der Waals surface area contributed by atoms with E-state index in [9.17, 15) is 4.79 Å². The van der Waals surface area contributed by atoms with Crippen molar-refractivity contribution in [2.45, 2.75) is 41.0 Å². The van der Waals surface area contributed by atoms with E-state index >= 15 is 0 Å². The van der Waals surface area contributed by atoms with Crippen LogP contribution in [0.1, 0.15) is 35.3 Å². The Morgan fingerprint density at radius 2 is 1.71 bits per heavy atom. The average Bonchev–Trinajstić information content (AvgIpc) is 3.07. The first kappa shape index (κ1) is 24.2. The fourth-order valence-corrected chi connectivity index (χ4v) is 4.64. The summed E-state index contributed by atoms with van der Waals surface area (Å²) >= 11 is 6.29. The van der Waals surface area contributed by atoms with Crippen molar-refractivity contribution in [3.8, 4) is 5.95 Å². The quantitative estimate of drug-likeness (QED) is 0.575. The van der Waals surface area contributed by atoms with E-state index in [-0.39, 0.29) is 12.3 Å². The Morgan fingerprint density at radius 1 is 1.03 bits per heavy atom. The number of aromatic nitrogens is 4. The molecule has 1 aromatic carbocycles. The summed E-state index contributed by atoms with van der Waals surface area (Å²) in [6.07, 6.45) is 0.206. The topological polar surface area (TPSA) is 79.2 Å². The van der Waals surface area contributed by atoms with Crippen molar-refractivity contribution >= 4 is 28.9 Å². The Hall–Kier alpha value is -2.97. The second kappa shape index (κ2) is 10.1. The van der Waals surface area contributed by atoms with Gasteiger partial charge in [-0.2, -0.15) is 5.10 Å². The number of hydrogen-bond donors (Lipinski definition) is 1. The molecular formula is C25H32ClN7O. The molecule has 0 spiro atoms. The lowest BCUT2D eigenvalue weighted by Crippen LogP contribution is -2.46. The zero-order valence-corrected chi connectivity index (χ0v) is 21.3. The minimum absolute atomic E-state index is 0.109. The van der Waals surface area contributed by atoms with Gasteiger partial charge in [-0.15, -0.1) is 0 Å². The van der Waals surface area contributed by atoms with E-state index in [1.807, 2.05) is 52.0 Å². The van der Waals surface area contributed by atoms with E-state index in [1.165, 1.54) is 0 Å². The minimum Gasteiger partial charge on any atom is -0.367 e. The van der Waals surface area contributed by atoms with E-state index < -0.39 is 0 Å². The molecule has 1 amide bonds. The molecule has 3 aromatic rings. The fraction of sp³-hybridized carbons (Fsp3) is 0.440. The summed E-state index contributed by atoms with van der Waals surface area (Å²) in [7, 11) is 0. The molecule has 0 bridgehead atoms. The van der Waals surface area contributed by atoms with Crippen LogP contribution in [-0.2, 0) is 11.2 Å². The van der Waals surface area contributed by atoms with Crippen LogP contribution in [0.15, 0.2) is 24.3 Å². The molecule has 1 aliphatic rings. The lowest BCUT2D eigenvalue weighted by molar-refractivity contribution is -0.115. The Balaban J connectivity index is 1.54. The third-order valence-electron chi connectivity index (χ3n) is 6.33. The number of likely N-dealkylation sites (N-methyl/N-ethyl adjacent to an activating group) is 1. The van der Waals surface area contributed by atoms with Gasteiger partial charge in [-0.1, -0.05) is 18.5 Å². The van der Waals surface area contributed by atoms with Gasteiger partial charge in [0.05, 0.1) is 23.5 Å². The monoisotopic (exact) mass is 481 g/mol. The Kier molecular flexibility index (Phi) is 7.19. The van der Waals surface area contributed by atoms with E-state index in [1.54, 1.807) is 4.68 Å². The normalized spacial score (nSPS) is 14.5. The smallest absolute Gasteiger partial charge is 0.251 e. The Bertz CT molecular complexity index is 1180. The van der Waals surface area contributed by atoms with E-state index in [4.69, 9.17) is 11.6 Å². The molecule has 0 radical (unpaired) electrons. The molecule has 0 aliphatic carbocycles. The lowest BCUT2D eigenvalue weighted by Gasteiger charge is -2.36. The fourth-order valence-electron chi connectivity index (χ4n) is 4.47. The first-order chi connectivity index (χ1) is 16.2. The van der Waals surface area contributed by atoms with Gasteiger partial charge in [-0.25, -0.2) is 14.6 Å². The number of nitrogens with zero attached hydrogens (tertiary/aromatic N) is 6. The summed E-state index contributed by atoms with van der Waals surface area (Å²) in [5, 5.41) is 8.31. The number of halogens is 1. The number of piperazine rings is 1. The summed E-state index contributed by atoms with van der Waals surface area (Å²) < 4.78 is 1.72. The Morgan fingerprint density at radius 3 is 2.35 bits per heavy atom. The number of aryl methyl sites for hydroxylation is 3. The molecule has 4 rings (SSSR count). The highest BCUT2D eigenvalue weighted by atomic mass is 35.5. The van der Waals surface area contributed by atoms with Gasteiger partial charge >= 0.3 is 0 Å². The highest BCUT2D eigenvalue weighted by molar-refractivity contribution is 6.31. The SMILES string of the molecule is CCN1CCN(c2ccc(Cl)cc2NC(=O)Cc2c(C)nn(-c3nc(C)cc(C)n3)c2C)CC1. The maximum absolute atomic E-state index is 13.1. The van der Waals surface area contributed by atoms with Crippen molar-refractivity contribution in [3.63, 3.8) is 0 Å². The predicted octanol–water partition coefficient (Wildman–Crippen LogP) is 3.87. The Labute approximate surface area is 205 Å². The number of nitrogens with one attached hydrogen (secondary N) is 1. The molecule has 180 valence electrons. The van der Waals surface area contributed by atoms with Gasteiger partial charge in [0.15, 0.2) is 0 Å². The molecule has 9 heteroatoms. The van der Waals surface area contributed by atoms with Crippen molar-refractivity contribution in [2.24, 2.45) is 0 Å². The number of carbonyl (C=O) groups excluding carboxylic acids is 1. The maximum Gasteiger partial charge on any atom is 0.251 e. The molecule has 1 fully saturated rings. The molecule has 2 aromatic heterocycles. The van der Waals surface area contributed by atoms with Gasteiger partial charge in [0.25, 0.3) is 5.95 Å². The van der Waals surface area contributed by atoms with Crippen LogP contribution < -0.4 is 10.2 Å². The number of rotatable bonds is 6. The standard InChI is InChI=1S/C25H32ClN7O/c1-6-31-9-11-32(12-10-31)23-8-7-20(26)14-22(23)29-24(34)15-21-18(4)30-33(19(21)5)25-27-16(2)13-17(3)28-25/h7-8,13-14H,6,9-12,15H2,1-5H3,(H,29,34). The lowest BCUT2D eigenvalue weighted by atomic mass is 10.1. The van der Waals surface area contributed by atoms with Gasteiger partial charge in [-0.05, 0) is 58.5 Å². The van der Waals surface area contributed by atoms with Crippen molar-refractivity contribution < 1.29 is 4.79 Å². The van der Waals surface area contributed by atoms with Crippen molar-refractivity contribution in [1.82, 2.24) is 24.6 Å². The maximum atomic E-state index is 13.1. The molecule has 34 heavy (non-hydrogen) atoms. The van der Waals surface area contributed by atoms with Gasteiger partial charge in [0, 0.05) is 53.8 Å². The molecule has 0 unspecified atom stereocenters. The molecule has 0 atom stereocenters. The second-order valence-corrected chi connectivity index (χ2v) is 9.26. The zero-order chi connectivity index (χ0) is 24.4. The molecule has 1 aliphatic heterocycles. The molecule has 0 saturated carbocycles. The number of anilines is 2. The number of benzene rings is 1. The van der Waals surface area contributed by atoms with Crippen LogP contribution in [0.2, 0.25) is 5.02 Å². The molecule has 1 N–H and O–H groups in total. The van der Waals surface area contributed by atoms with Crippen LogP contribution >= 0.6 is 11.6 Å². The predicted molar refractivity (Wildman–Crippen MR) is 136 cm³/mol. The third kappa shape index (κ3) is 5.23. The van der Waals surface area contributed by atoms with Crippen LogP contribution in [0, 0.1) is 27.7 Å². The van der Waals surface area contributed by atoms with Crippen LogP contribution in [0.5, 0.6) is 0 Å². The molecule has 8 nitrogen and oxygen atoms in total. The summed E-state index contributed by atoms with van der Waals surface area (Å²) in [5.74, 6) is 0.413. The first-order valence-electron chi connectivity index (χ1n) is 11.7. The summed E-state index contributed by atoms with van der Waals surface area (Å²) in [6, 6.07) is 7.62. The van der Waals surface area contributed by atoms with Crippen LogP contribution in [0.25, 0.3) is 5.95 Å². The number of amides is 1. The van der Waals surface area contributed by atoms with Gasteiger partial charge in [0.1, 0.15) is 0 Å². The molecular weight excluding hydrogens is 450 g/mol. The minimum atomic E-state index is -0.109. The molecule has 3 heterocycles. The molecule has 1 saturated heterocycles. The summed E-state index contributed by atoms with van der Waals surface area (Å²) in [5.41, 5.74) is 6.02. The van der Waals surface area contributed by atoms with Crippen LogP contribution in [0.4, 0.5) is 11.4 Å². The average molecular weight is 482 g/mol. The van der Waals surface area contributed by atoms with Crippen LogP contribution in [-0.4, -0.2) is 63.3 Å². The van der Waals surface area contributed by atoms with Gasteiger partial charge < -0.3 is 15.1 Å². The summed E-state index contributed by atoms with van der Waals surface area (Å²) in [4.78, 5) is 26.9. The first-order valence-corrected chi connectivity index (χ1v) is 12.1. The van der Waals surface area contributed by atoms with Crippen molar-refractivity contribution in [2.75, 3.05) is 42.9 Å². The highest BCUT2D eigenvalue weighted by Gasteiger charge is 2.21. The van der Waals surface area contributed by atoms with E-state index in [0.717, 1.165) is 72.4 Å². The van der Waals surface area contributed by atoms with Crippen molar-refractivity contribution in [3.05, 3.63) is 57.6 Å². The third-order valence-corrected chi connectivity index (χ3v) is 6.57. The van der Waals surface area contributed by atoms with Gasteiger partial charge in [0.2, 0.25) is 5.91 Å². The van der Waals surface area contributed by atoms with Gasteiger partial charge in [-0.3, -0.25) is 4.79 Å². The van der Waals surface area contributed by atoms with Crippen molar-refractivity contribution in [1.29, 1.82) is 0 Å². The highest BCUT2D eigenvalue weighted by Crippen LogP contribution is 2.30. The number of carbonyl (C=O) groups is 1. The van der Waals surface area contributed by atoms with Crippen LogP contribution in [0.3, 0.4) is 0 Å². The second-order valence-electron chi connectivity index (χ2n) is 8.82. The van der Waals surface area contributed by atoms with E-state index in [0.29, 0.717) is 11.0 Å². The number of hydrogen-bond acceptors (Lipinski definition) is 6. The largest absolute Gasteiger partial charge is 0.367 e. The zero-order valence-electron chi connectivity index (χ0n) is 20.5.